The summed E-state index contributed by atoms with van der Waals surface area (Å²) in [4.78, 5) is 20.4. The maximum Gasteiger partial charge on any atom is 0.220 e. The highest BCUT2D eigenvalue weighted by Crippen LogP contribution is 2.30. The molecule has 0 spiro atoms. The van der Waals surface area contributed by atoms with Gasteiger partial charge in [0.05, 0.1) is 6.20 Å². The fourth-order valence-electron chi connectivity index (χ4n) is 4.17. The highest BCUT2D eigenvalue weighted by molar-refractivity contribution is 6.30. The second kappa shape index (κ2) is 9.98. The summed E-state index contributed by atoms with van der Waals surface area (Å²) in [5, 5.41) is 4.95. The summed E-state index contributed by atoms with van der Waals surface area (Å²) in [6.07, 6.45) is 4.46. The number of H-pyrrole nitrogens is 1. The molecule has 0 aliphatic rings. The lowest BCUT2D eigenvalue weighted by Crippen LogP contribution is -2.29. The van der Waals surface area contributed by atoms with Crippen LogP contribution in [-0.2, 0) is 11.2 Å². The molecule has 3 aromatic carbocycles. The average molecular weight is 470 g/mol. The number of nitrogens with zero attached hydrogens (tertiary/aromatic N) is 1. The minimum absolute atomic E-state index is 0.0352. The zero-order chi connectivity index (χ0) is 23.3. The van der Waals surface area contributed by atoms with Gasteiger partial charge in [-0.15, -0.1) is 0 Å². The van der Waals surface area contributed by atoms with Crippen molar-refractivity contribution in [3.63, 3.8) is 0 Å². The number of nitrogens with one attached hydrogen (secondary N) is 2. The van der Waals surface area contributed by atoms with Crippen molar-refractivity contribution in [3.8, 4) is 11.3 Å². The zero-order valence-electron chi connectivity index (χ0n) is 18.5. The van der Waals surface area contributed by atoms with Crippen molar-refractivity contribution in [2.75, 3.05) is 6.54 Å². The van der Waals surface area contributed by atoms with Crippen LogP contribution in [0.4, 0.5) is 0 Å². The van der Waals surface area contributed by atoms with E-state index >= 15 is 0 Å². The Bertz CT molecular complexity index is 1390. The topological polar surface area (TPSA) is 70.9 Å². The lowest BCUT2D eigenvalue weighted by atomic mass is 9.91. The van der Waals surface area contributed by atoms with Gasteiger partial charge in [0.25, 0.3) is 0 Å². The van der Waals surface area contributed by atoms with Crippen LogP contribution in [0.2, 0.25) is 5.02 Å². The van der Waals surface area contributed by atoms with Gasteiger partial charge in [-0.2, -0.15) is 0 Å². The second-order valence-corrected chi connectivity index (χ2v) is 8.62. The van der Waals surface area contributed by atoms with E-state index in [9.17, 15) is 4.79 Å². The van der Waals surface area contributed by atoms with Crippen LogP contribution in [0.25, 0.3) is 22.2 Å². The number of carbonyl (C=O) groups is 1. The molecule has 2 aromatic heterocycles. The lowest BCUT2D eigenvalue weighted by molar-refractivity contribution is -0.121. The van der Waals surface area contributed by atoms with Gasteiger partial charge in [-0.05, 0) is 41.5 Å². The van der Waals surface area contributed by atoms with E-state index in [0.717, 1.165) is 16.6 Å². The van der Waals surface area contributed by atoms with Crippen LogP contribution >= 0.6 is 11.6 Å². The Hall–Kier alpha value is -3.83. The molecule has 1 amide bonds. The monoisotopic (exact) mass is 469 g/mol. The maximum absolute atomic E-state index is 12.7. The number of aryl methyl sites for hydroxylation is 1. The number of hydrogen-bond acceptors (Lipinski definition) is 3. The SMILES string of the molecule is O=C(CCc1ncc(-c2ccc(Cl)cc2)o1)NCC(c1ccccc1)c1c[nH]c2ccccc12. The smallest absolute Gasteiger partial charge is 0.220 e. The quantitative estimate of drug-likeness (QED) is 0.278. The first-order valence-electron chi connectivity index (χ1n) is 11.3. The molecular weight excluding hydrogens is 446 g/mol. The Morgan fingerprint density at radius 2 is 1.76 bits per heavy atom. The second-order valence-electron chi connectivity index (χ2n) is 8.18. The maximum atomic E-state index is 12.7. The number of benzene rings is 3. The number of rotatable bonds is 8. The van der Waals surface area contributed by atoms with Crippen molar-refractivity contribution in [1.82, 2.24) is 15.3 Å². The molecule has 1 unspecified atom stereocenters. The number of carbonyl (C=O) groups excluding carboxylic acids is 1. The van der Waals surface area contributed by atoms with E-state index < -0.39 is 0 Å². The Morgan fingerprint density at radius 1 is 1.00 bits per heavy atom. The predicted octanol–water partition coefficient (Wildman–Crippen LogP) is 6.36. The number of oxazole rings is 1. The molecule has 2 heterocycles. The van der Waals surface area contributed by atoms with E-state index in [-0.39, 0.29) is 11.8 Å². The molecule has 0 radical (unpaired) electrons. The van der Waals surface area contributed by atoms with Crippen molar-refractivity contribution in [3.05, 3.63) is 113 Å². The van der Waals surface area contributed by atoms with Gasteiger partial charge in [0.2, 0.25) is 5.91 Å². The summed E-state index contributed by atoms with van der Waals surface area (Å²) in [7, 11) is 0. The van der Waals surface area contributed by atoms with E-state index in [2.05, 4.69) is 39.6 Å². The fraction of sp³-hybridized carbons (Fsp3) is 0.143. The highest BCUT2D eigenvalue weighted by atomic mass is 35.5. The molecule has 5 nitrogen and oxygen atoms in total. The number of aromatic amines is 1. The number of aromatic nitrogens is 2. The van der Waals surface area contributed by atoms with E-state index in [4.69, 9.17) is 16.0 Å². The molecule has 0 saturated carbocycles. The van der Waals surface area contributed by atoms with Gasteiger partial charge in [-0.25, -0.2) is 4.98 Å². The number of hydrogen-bond donors (Lipinski definition) is 2. The first-order valence-corrected chi connectivity index (χ1v) is 11.6. The Kier molecular flexibility index (Phi) is 6.45. The third kappa shape index (κ3) is 4.90. The van der Waals surface area contributed by atoms with E-state index in [1.807, 2.05) is 60.8 Å². The van der Waals surface area contributed by atoms with Crippen molar-refractivity contribution in [2.24, 2.45) is 0 Å². The molecule has 2 N–H and O–H groups in total. The first-order chi connectivity index (χ1) is 16.7. The van der Waals surface area contributed by atoms with E-state index in [0.29, 0.717) is 36.1 Å². The largest absolute Gasteiger partial charge is 0.441 e. The van der Waals surface area contributed by atoms with Crippen LogP contribution in [0.15, 0.2) is 95.7 Å². The van der Waals surface area contributed by atoms with Crippen molar-refractivity contribution >= 4 is 28.4 Å². The molecule has 0 aliphatic carbocycles. The van der Waals surface area contributed by atoms with Crippen LogP contribution in [-0.4, -0.2) is 22.4 Å². The van der Waals surface area contributed by atoms with Crippen LogP contribution in [0, 0.1) is 0 Å². The van der Waals surface area contributed by atoms with Crippen LogP contribution in [0.3, 0.4) is 0 Å². The van der Waals surface area contributed by atoms with Gasteiger partial charge in [0, 0.05) is 53.0 Å². The van der Waals surface area contributed by atoms with E-state index in [1.165, 1.54) is 10.9 Å². The Balaban J connectivity index is 1.24. The predicted molar refractivity (Wildman–Crippen MR) is 135 cm³/mol. The number of amides is 1. The van der Waals surface area contributed by atoms with Crippen LogP contribution in [0.5, 0.6) is 0 Å². The highest BCUT2D eigenvalue weighted by Gasteiger charge is 2.19. The minimum atomic E-state index is -0.0352. The third-order valence-corrected chi connectivity index (χ3v) is 6.20. The molecule has 1 atom stereocenters. The molecule has 5 aromatic rings. The molecule has 0 saturated heterocycles. The Labute approximate surface area is 202 Å². The van der Waals surface area contributed by atoms with Crippen molar-refractivity contribution in [1.29, 1.82) is 0 Å². The fourth-order valence-corrected chi connectivity index (χ4v) is 4.30. The summed E-state index contributed by atoms with van der Waals surface area (Å²) < 4.78 is 5.82. The van der Waals surface area contributed by atoms with E-state index in [1.54, 1.807) is 6.20 Å². The summed E-state index contributed by atoms with van der Waals surface area (Å²) in [6.45, 7) is 0.506. The van der Waals surface area contributed by atoms with Gasteiger partial charge in [0.1, 0.15) is 0 Å². The van der Waals surface area contributed by atoms with Crippen LogP contribution < -0.4 is 5.32 Å². The summed E-state index contributed by atoms with van der Waals surface area (Å²) in [5.41, 5.74) is 4.32. The van der Waals surface area contributed by atoms with Gasteiger partial charge in [-0.3, -0.25) is 4.79 Å². The molecule has 0 aliphatic heterocycles. The minimum Gasteiger partial charge on any atom is -0.441 e. The average Bonchev–Trinajstić information content (AvgIpc) is 3.52. The van der Waals surface area contributed by atoms with Gasteiger partial charge in [-0.1, -0.05) is 60.1 Å². The summed E-state index contributed by atoms with van der Waals surface area (Å²) in [6, 6.07) is 25.9. The lowest BCUT2D eigenvalue weighted by Gasteiger charge is -2.18. The Morgan fingerprint density at radius 3 is 2.59 bits per heavy atom. The van der Waals surface area contributed by atoms with Crippen molar-refractivity contribution < 1.29 is 9.21 Å². The van der Waals surface area contributed by atoms with Gasteiger partial charge >= 0.3 is 0 Å². The molecule has 170 valence electrons. The van der Waals surface area contributed by atoms with Crippen molar-refractivity contribution in [2.45, 2.75) is 18.8 Å². The third-order valence-electron chi connectivity index (χ3n) is 5.95. The normalized spacial score (nSPS) is 12.0. The number of fused-ring (bicyclic) bond motifs is 1. The van der Waals surface area contributed by atoms with Gasteiger partial charge < -0.3 is 14.7 Å². The molecule has 34 heavy (non-hydrogen) atoms. The molecule has 5 rings (SSSR count). The summed E-state index contributed by atoms with van der Waals surface area (Å²) in [5.74, 6) is 1.21. The summed E-state index contributed by atoms with van der Waals surface area (Å²) >= 11 is 5.95. The molecule has 0 bridgehead atoms. The van der Waals surface area contributed by atoms with Crippen LogP contribution in [0.1, 0.15) is 29.4 Å². The standard InChI is InChI=1S/C28H24ClN3O2/c29-21-12-10-20(11-13-21)26-18-32-28(34-26)15-14-27(33)31-16-23(19-6-2-1-3-7-19)24-17-30-25-9-5-4-8-22(24)25/h1-13,17-18,23,30H,14-16H2,(H,31,33). The number of para-hydroxylation sites is 1. The molecule has 0 fully saturated rings. The molecule has 6 heteroatoms. The number of halogens is 1. The molecular formula is C28H24ClN3O2. The van der Waals surface area contributed by atoms with Gasteiger partial charge in [0.15, 0.2) is 11.7 Å². The zero-order valence-corrected chi connectivity index (χ0v) is 19.3. The first kappa shape index (κ1) is 22.0.